The zero-order valence-corrected chi connectivity index (χ0v) is 37.1. The first-order valence-corrected chi connectivity index (χ1v) is 21.2. The van der Waals surface area contributed by atoms with Gasteiger partial charge in [0.05, 0.1) is 5.69 Å². The van der Waals surface area contributed by atoms with Crippen LogP contribution in [-0.4, -0.2) is 0 Å². The Morgan fingerprint density at radius 2 is 0.982 bits per heavy atom. The Bertz CT molecular complexity index is 2350. The van der Waals surface area contributed by atoms with Crippen molar-refractivity contribution in [3.8, 4) is 11.1 Å². The first-order chi connectivity index (χ1) is 26.5. The Hall–Kier alpha value is -4.82. The Morgan fingerprint density at radius 3 is 1.47 bits per heavy atom. The van der Waals surface area contributed by atoms with Crippen molar-refractivity contribution in [3.05, 3.63) is 160 Å². The monoisotopic (exact) mass is 753 g/mol. The number of hydrogen-bond donors (Lipinski definition) is 0. The predicted molar refractivity (Wildman–Crippen MR) is 246 cm³/mol. The normalized spacial score (nSPS) is 17.4. The van der Waals surface area contributed by atoms with Crippen LogP contribution in [0.4, 0.5) is 28.4 Å². The number of allylic oxidation sites excluding steroid dienone is 4. The smallest absolute Gasteiger partial charge is 0.0501 e. The van der Waals surface area contributed by atoms with Crippen molar-refractivity contribution >= 4 is 28.4 Å². The summed E-state index contributed by atoms with van der Waals surface area (Å²) in [4.78, 5) is 5.01. The molecule has 1 heterocycles. The van der Waals surface area contributed by atoms with Gasteiger partial charge in [-0.1, -0.05) is 151 Å². The fourth-order valence-corrected chi connectivity index (χ4v) is 9.34. The highest BCUT2D eigenvalue weighted by Gasteiger charge is 2.43. The van der Waals surface area contributed by atoms with Crippen molar-refractivity contribution in [2.45, 2.75) is 131 Å². The topological polar surface area (TPSA) is 6.48 Å². The number of nitrogens with zero attached hydrogens (tertiary/aromatic N) is 2. The first-order valence-electron chi connectivity index (χ1n) is 21.2. The van der Waals surface area contributed by atoms with Gasteiger partial charge >= 0.3 is 0 Å². The zero-order chi connectivity index (χ0) is 41.0. The summed E-state index contributed by atoms with van der Waals surface area (Å²) in [6.07, 6.45) is 5.87. The minimum atomic E-state index is -0.188. The second kappa shape index (κ2) is 13.1. The van der Waals surface area contributed by atoms with Crippen LogP contribution in [0, 0.1) is 5.41 Å². The van der Waals surface area contributed by atoms with Crippen molar-refractivity contribution in [1.82, 2.24) is 0 Å². The maximum absolute atomic E-state index is 2.57. The molecule has 0 fully saturated rings. The van der Waals surface area contributed by atoms with Crippen molar-refractivity contribution < 1.29 is 0 Å². The summed E-state index contributed by atoms with van der Waals surface area (Å²) < 4.78 is 0. The van der Waals surface area contributed by atoms with E-state index in [0.717, 1.165) is 6.42 Å². The van der Waals surface area contributed by atoms with Gasteiger partial charge in [-0.2, -0.15) is 0 Å². The lowest BCUT2D eigenvalue weighted by atomic mass is 9.76. The van der Waals surface area contributed by atoms with E-state index in [1.54, 1.807) is 0 Å². The van der Waals surface area contributed by atoms with Gasteiger partial charge in [0, 0.05) is 39.8 Å². The highest BCUT2D eigenvalue weighted by Crippen LogP contribution is 2.59. The number of anilines is 5. The molecule has 2 aliphatic carbocycles. The standard InChI is InChI=1S/C55H64N2/c1-51(2,3)35-15-22-39(23-16-35)56(40-24-17-36(18-25-40)52(4,5)6)42-28-29-43-44-33-46-45-31-38(54(10,11)12)21-30-49(45)57(41-26-19-37(20-27-41)53(7,8)9)50(46)34-48(44)55(13,14)47(43)32-42/h15-30,32-34,45H,31H2,1-14H3. The number of fused-ring (bicyclic) bond motifs is 6. The lowest BCUT2D eigenvalue weighted by Gasteiger charge is -2.31. The average molecular weight is 753 g/mol. The molecule has 0 radical (unpaired) electrons. The average Bonchev–Trinajstić information content (AvgIpc) is 3.57. The molecule has 294 valence electrons. The molecule has 0 amide bonds. The molecule has 3 aliphatic rings. The Balaban J connectivity index is 1.26. The molecular formula is C55H64N2. The van der Waals surface area contributed by atoms with Crippen LogP contribution in [-0.2, 0) is 21.7 Å². The van der Waals surface area contributed by atoms with Gasteiger partial charge in [-0.15, -0.1) is 0 Å². The van der Waals surface area contributed by atoms with Gasteiger partial charge in [-0.25, -0.2) is 0 Å². The van der Waals surface area contributed by atoms with Gasteiger partial charge < -0.3 is 9.80 Å². The molecule has 0 N–H and O–H groups in total. The molecule has 0 aromatic heterocycles. The van der Waals surface area contributed by atoms with Crippen LogP contribution >= 0.6 is 0 Å². The van der Waals surface area contributed by atoms with Crippen molar-refractivity contribution in [3.63, 3.8) is 0 Å². The van der Waals surface area contributed by atoms with Crippen molar-refractivity contribution in [2.24, 2.45) is 5.41 Å². The van der Waals surface area contributed by atoms with E-state index in [-0.39, 0.29) is 27.1 Å². The molecule has 1 aliphatic heterocycles. The number of hydrogen-bond acceptors (Lipinski definition) is 2. The van der Waals surface area contributed by atoms with E-state index in [4.69, 9.17) is 0 Å². The molecule has 1 atom stereocenters. The lowest BCUT2D eigenvalue weighted by molar-refractivity contribution is 0.471. The molecule has 57 heavy (non-hydrogen) atoms. The largest absolute Gasteiger partial charge is 0.313 e. The summed E-state index contributed by atoms with van der Waals surface area (Å²) in [5.74, 6) is 0.320. The highest BCUT2D eigenvalue weighted by atomic mass is 15.2. The quantitative estimate of drug-likeness (QED) is 0.180. The molecule has 0 spiro atoms. The summed E-state index contributed by atoms with van der Waals surface area (Å²) in [5, 5.41) is 0. The van der Waals surface area contributed by atoms with Crippen LogP contribution in [0.5, 0.6) is 0 Å². The third-order valence-corrected chi connectivity index (χ3v) is 13.1. The highest BCUT2D eigenvalue weighted by molar-refractivity contribution is 5.90. The molecule has 0 bridgehead atoms. The SMILES string of the molecule is CC(C)(C)C1=CC=C2C(C1)c1cc3c(cc1N2c1ccc(C(C)(C)C)cc1)C(C)(C)c1cc(N(c2ccc(C(C)(C)C)cc2)c2ccc(C(C)(C)C)cc2)ccc1-3. The minimum Gasteiger partial charge on any atom is -0.313 e. The third kappa shape index (κ3) is 6.77. The van der Waals surface area contributed by atoms with E-state index in [1.165, 1.54) is 84.2 Å². The molecule has 5 aromatic carbocycles. The van der Waals surface area contributed by atoms with Gasteiger partial charge in [0.1, 0.15) is 0 Å². The van der Waals surface area contributed by atoms with Gasteiger partial charge in [0.15, 0.2) is 0 Å². The van der Waals surface area contributed by atoms with Crippen LogP contribution < -0.4 is 9.80 Å². The van der Waals surface area contributed by atoms with E-state index in [2.05, 4.69) is 222 Å². The summed E-state index contributed by atoms with van der Waals surface area (Å²) in [5.41, 5.74) is 20.3. The molecule has 1 unspecified atom stereocenters. The van der Waals surface area contributed by atoms with Crippen molar-refractivity contribution in [1.29, 1.82) is 0 Å². The molecule has 0 saturated carbocycles. The van der Waals surface area contributed by atoms with E-state index in [9.17, 15) is 0 Å². The van der Waals surface area contributed by atoms with Gasteiger partial charge in [0.2, 0.25) is 0 Å². The maximum atomic E-state index is 2.57. The van der Waals surface area contributed by atoms with Crippen LogP contribution in [0.1, 0.15) is 143 Å². The summed E-state index contributed by atoms with van der Waals surface area (Å²) in [6, 6.07) is 40.1. The fraction of sp³-hybridized carbons (Fsp3) is 0.382. The number of benzene rings is 5. The van der Waals surface area contributed by atoms with Gasteiger partial charge in [0.25, 0.3) is 0 Å². The zero-order valence-electron chi connectivity index (χ0n) is 37.1. The Kier molecular flexibility index (Phi) is 8.97. The van der Waals surface area contributed by atoms with Gasteiger partial charge in [-0.05, 0) is 139 Å². The van der Waals surface area contributed by atoms with E-state index < -0.39 is 0 Å². The molecule has 0 saturated heterocycles. The molecule has 2 nitrogen and oxygen atoms in total. The Labute approximate surface area is 344 Å². The maximum Gasteiger partial charge on any atom is 0.0501 e. The summed E-state index contributed by atoms with van der Waals surface area (Å²) in [6.45, 7) is 32.5. The molecular weight excluding hydrogens is 689 g/mol. The van der Waals surface area contributed by atoms with Crippen molar-refractivity contribution in [2.75, 3.05) is 9.80 Å². The second-order valence-corrected chi connectivity index (χ2v) is 21.7. The summed E-state index contributed by atoms with van der Waals surface area (Å²) in [7, 11) is 0. The van der Waals surface area contributed by atoms with Gasteiger partial charge in [-0.3, -0.25) is 0 Å². The fourth-order valence-electron chi connectivity index (χ4n) is 9.34. The number of rotatable bonds is 4. The van der Waals surface area contributed by atoms with Crippen LogP contribution in [0.3, 0.4) is 0 Å². The van der Waals surface area contributed by atoms with E-state index >= 15 is 0 Å². The second-order valence-electron chi connectivity index (χ2n) is 21.7. The van der Waals surface area contributed by atoms with Crippen LogP contribution in [0.15, 0.2) is 127 Å². The Morgan fingerprint density at radius 1 is 0.509 bits per heavy atom. The van der Waals surface area contributed by atoms with Crippen LogP contribution in [0.2, 0.25) is 0 Å². The van der Waals surface area contributed by atoms with E-state index in [0.29, 0.717) is 5.92 Å². The first kappa shape index (κ1) is 39.0. The molecule has 5 aromatic rings. The van der Waals surface area contributed by atoms with Crippen LogP contribution in [0.25, 0.3) is 11.1 Å². The third-order valence-electron chi connectivity index (χ3n) is 13.1. The lowest BCUT2D eigenvalue weighted by Crippen LogP contribution is -2.20. The molecule has 8 rings (SSSR count). The predicted octanol–water partition coefficient (Wildman–Crippen LogP) is 15.9. The van der Waals surface area contributed by atoms with E-state index in [1.807, 2.05) is 0 Å². The molecule has 2 heteroatoms. The minimum absolute atomic E-state index is 0.0889. The summed E-state index contributed by atoms with van der Waals surface area (Å²) >= 11 is 0.